The molecule has 0 bridgehead atoms. The van der Waals surface area contributed by atoms with Gasteiger partial charge in [-0.05, 0) is 49.7 Å². The van der Waals surface area contributed by atoms with Gasteiger partial charge in [-0.25, -0.2) is 0 Å². The maximum absolute atomic E-state index is 12.7. The van der Waals surface area contributed by atoms with Crippen molar-refractivity contribution >= 4 is 28.9 Å². The average Bonchev–Trinajstić information content (AvgIpc) is 2.70. The van der Waals surface area contributed by atoms with E-state index in [4.69, 9.17) is 16.3 Å². The molecule has 1 atom stereocenters. The van der Waals surface area contributed by atoms with Crippen LogP contribution >= 0.6 is 11.6 Å². The number of benzene rings is 2. The molecule has 8 heteroatoms. The number of rotatable bonds is 5. The van der Waals surface area contributed by atoms with Crippen molar-refractivity contribution in [2.75, 3.05) is 31.1 Å². The minimum atomic E-state index is -0.591. The molecule has 1 aliphatic rings. The Morgan fingerprint density at radius 1 is 1.14 bits per heavy atom. The van der Waals surface area contributed by atoms with Crippen LogP contribution in [0.5, 0.6) is 5.75 Å². The summed E-state index contributed by atoms with van der Waals surface area (Å²) in [7, 11) is 0. The van der Waals surface area contributed by atoms with Gasteiger partial charge in [0.2, 0.25) is 0 Å². The maximum atomic E-state index is 12.7. The first-order valence-corrected chi connectivity index (χ1v) is 9.44. The van der Waals surface area contributed by atoms with Crippen molar-refractivity contribution in [3.8, 4) is 5.75 Å². The van der Waals surface area contributed by atoms with Crippen molar-refractivity contribution in [1.29, 1.82) is 0 Å². The Morgan fingerprint density at radius 3 is 2.36 bits per heavy atom. The lowest BCUT2D eigenvalue weighted by molar-refractivity contribution is -0.384. The van der Waals surface area contributed by atoms with Crippen molar-refractivity contribution in [3.63, 3.8) is 0 Å². The predicted molar refractivity (Wildman–Crippen MR) is 108 cm³/mol. The van der Waals surface area contributed by atoms with Gasteiger partial charge < -0.3 is 14.5 Å². The Morgan fingerprint density at radius 2 is 1.79 bits per heavy atom. The minimum Gasteiger partial charge on any atom is -0.481 e. The molecule has 28 heavy (non-hydrogen) atoms. The first-order valence-electron chi connectivity index (χ1n) is 9.06. The molecule has 0 aliphatic carbocycles. The van der Waals surface area contributed by atoms with Crippen LogP contribution in [0.4, 0.5) is 11.4 Å². The van der Waals surface area contributed by atoms with Gasteiger partial charge in [-0.1, -0.05) is 11.6 Å². The summed E-state index contributed by atoms with van der Waals surface area (Å²) in [6.45, 7) is 6.10. The number of carbonyl (C=O) groups is 1. The maximum Gasteiger partial charge on any atom is 0.269 e. The summed E-state index contributed by atoms with van der Waals surface area (Å²) in [6, 6.07) is 11.8. The molecule has 0 unspecified atom stereocenters. The number of aryl methyl sites for hydroxylation is 1. The molecule has 1 heterocycles. The Bertz CT molecular complexity index is 864. The summed E-state index contributed by atoms with van der Waals surface area (Å²) < 4.78 is 5.78. The molecule has 1 amide bonds. The highest BCUT2D eigenvalue weighted by Crippen LogP contribution is 2.23. The third kappa shape index (κ3) is 4.54. The lowest BCUT2D eigenvalue weighted by atomic mass is 10.2. The van der Waals surface area contributed by atoms with E-state index in [2.05, 4.69) is 4.90 Å². The van der Waals surface area contributed by atoms with E-state index in [1.165, 1.54) is 12.1 Å². The number of hydrogen-bond acceptors (Lipinski definition) is 5. The number of amides is 1. The highest BCUT2D eigenvalue weighted by molar-refractivity contribution is 6.31. The van der Waals surface area contributed by atoms with E-state index in [1.54, 1.807) is 36.1 Å². The van der Waals surface area contributed by atoms with Crippen LogP contribution in [-0.2, 0) is 4.79 Å². The van der Waals surface area contributed by atoms with Gasteiger partial charge in [-0.2, -0.15) is 0 Å². The van der Waals surface area contributed by atoms with Crippen molar-refractivity contribution in [2.24, 2.45) is 0 Å². The van der Waals surface area contributed by atoms with Crippen LogP contribution < -0.4 is 9.64 Å². The van der Waals surface area contributed by atoms with E-state index in [9.17, 15) is 14.9 Å². The lowest BCUT2D eigenvalue weighted by Gasteiger charge is -2.37. The standard InChI is InChI=1S/C20H22ClN3O4/c1-14-13-18(7-8-19(14)21)28-15(2)20(25)23-11-9-22(10-12-23)16-3-5-17(6-4-16)24(26)27/h3-8,13,15H,9-12H2,1-2H3/t15-/m1/s1. The van der Waals surface area contributed by atoms with E-state index in [-0.39, 0.29) is 11.6 Å². The molecule has 0 radical (unpaired) electrons. The number of non-ortho nitro benzene ring substituents is 1. The van der Waals surface area contributed by atoms with E-state index in [0.717, 1.165) is 11.3 Å². The zero-order chi connectivity index (χ0) is 20.3. The summed E-state index contributed by atoms with van der Waals surface area (Å²) >= 11 is 6.02. The predicted octanol–water partition coefficient (Wildman–Crippen LogP) is 3.67. The summed E-state index contributed by atoms with van der Waals surface area (Å²) in [6.07, 6.45) is -0.591. The van der Waals surface area contributed by atoms with Crippen molar-refractivity contribution < 1.29 is 14.5 Å². The largest absolute Gasteiger partial charge is 0.481 e. The molecule has 0 N–H and O–H groups in total. The normalized spacial score (nSPS) is 15.2. The molecule has 0 spiro atoms. The second kappa shape index (κ2) is 8.48. The van der Waals surface area contributed by atoms with Gasteiger partial charge >= 0.3 is 0 Å². The topological polar surface area (TPSA) is 75.9 Å². The lowest BCUT2D eigenvalue weighted by Crippen LogP contribution is -2.52. The zero-order valence-electron chi connectivity index (χ0n) is 15.8. The Hall–Kier alpha value is -2.80. The van der Waals surface area contributed by atoms with Crippen LogP contribution in [0.15, 0.2) is 42.5 Å². The van der Waals surface area contributed by atoms with Gasteiger partial charge in [0.1, 0.15) is 5.75 Å². The van der Waals surface area contributed by atoms with Gasteiger partial charge in [-0.15, -0.1) is 0 Å². The van der Waals surface area contributed by atoms with E-state index in [1.807, 2.05) is 13.0 Å². The fraction of sp³-hybridized carbons (Fsp3) is 0.350. The van der Waals surface area contributed by atoms with Crippen molar-refractivity contribution in [3.05, 3.63) is 63.2 Å². The van der Waals surface area contributed by atoms with Crippen LogP contribution in [0.1, 0.15) is 12.5 Å². The first kappa shape index (κ1) is 19.9. The summed E-state index contributed by atoms with van der Waals surface area (Å²) in [5.74, 6) is 0.559. The average molecular weight is 404 g/mol. The van der Waals surface area contributed by atoms with Crippen LogP contribution in [0, 0.1) is 17.0 Å². The number of nitro benzene ring substituents is 1. The smallest absolute Gasteiger partial charge is 0.269 e. The van der Waals surface area contributed by atoms with E-state index in [0.29, 0.717) is 37.0 Å². The van der Waals surface area contributed by atoms with Gasteiger partial charge in [0.05, 0.1) is 4.92 Å². The fourth-order valence-electron chi connectivity index (χ4n) is 3.17. The number of carbonyl (C=O) groups excluding carboxylic acids is 1. The number of piperazine rings is 1. The third-order valence-electron chi connectivity index (χ3n) is 4.81. The van der Waals surface area contributed by atoms with Crippen molar-refractivity contribution in [2.45, 2.75) is 20.0 Å². The number of hydrogen-bond donors (Lipinski definition) is 0. The van der Waals surface area contributed by atoms with Gasteiger partial charge in [0.25, 0.3) is 11.6 Å². The highest BCUT2D eigenvalue weighted by atomic mass is 35.5. The number of nitrogens with zero attached hydrogens (tertiary/aromatic N) is 3. The minimum absolute atomic E-state index is 0.0593. The van der Waals surface area contributed by atoms with Gasteiger partial charge in [0, 0.05) is 49.0 Å². The molecule has 148 valence electrons. The summed E-state index contributed by atoms with van der Waals surface area (Å²) in [4.78, 5) is 27.0. The van der Waals surface area contributed by atoms with Crippen LogP contribution in [-0.4, -0.2) is 48.0 Å². The number of ether oxygens (including phenoxy) is 1. The number of nitro groups is 1. The van der Waals surface area contributed by atoms with E-state index < -0.39 is 11.0 Å². The molecule has 1 aliphatic heterocycles. The van der Waals surface area contributed by atoms with E-state index >= 15 is 0 Å². The summed E-state index contributed by atoms with van der Waals surface area (Å²) in [5, 5.41) is 11.4. The molecule has 3 rings (SSSR count). The van der Waals surface area contributed by atoms with Crippen molar-refractivity contribution in [1.82, 2.24) is 4.90 Å². The Balaban J connectivity index is 1.55. The number of anilines is 1. The molecule has 2 aromatic rings. The number of halogens is 1. The second-order valence-corrected chi connectivity index (χ2v) is 7.16. The van der Waals surface area contributed by atoms with Gasteiger partial charge in [-0.3, -0.25) is 14.9 Å². The molecule has 0 saturated carbocycles. The molecule has 2 aromatic carbocycles. The van der Waals surface area contributed by atoms with Crippen LogP contribution in [0.3, 0.4) is 0 Å². The second-order valence-electron chi connectivity index (χ2n) is 6.76. The van der Waals surface area contributed by atoms with Gasteiger partial charge in [0.15, 0.2) is 6.10 Å². The Kier molecular flexibility index (Phi) is 6.04. The molecule has 7 nitrogen and oxygen atoms in total. The molecule has 1 fully saturated rings. The summed E-state index contributed by atoms with van der Waals surface area (Å²) in [5.41, 5.74) is 1.88. The zero-order valence-corrected chi connectivity index (χ0v) is 16.6. The molecular formula is C20H22ClN3O4. The van der Waals surface area contributed by atoms with Crippen LogP contribution in [0.25, 0.3) is 0 Å². The molecular weight excluding hydrogens is 382 g/mol. The monoisotopic (exact) mass is 403 g/mol. The molecule has 0 aromatic heterocycles. The Labute approximate surface area is 168 Å². The third-order valence-corrected chi connectivity index (χ3v) is 5.23. The quantitative estimate of drug-likeness (QED) is 0.562. The molecule has 1 saturated heterocycles. The highest BCUT2D eigenvalue weighted by Gasteiger charge is 2.26. The fourth-order valence-corrected chi connectivity index (χ4v) is 3.29. The first-order chi connectivity index (χ1) is 13.3. The van der Waals surface area contributed by atoms with Crippen LogP contribution in [0.2, 0.25) is 5.02 Å². The SMILES string of the molecule is Cc1cc(O[C@H](C)C(=O)N2CCN(c3ccc([N+](=O)[O-])cc3)CC2)ccc1Cl.